The van der Waals surface area contributed by atoms with Crippen LogP contribution in [0.1, 0.15) is 144 Å². The molecule has 0 aliphatic carbocycles. The molecule has 6 aliphatic rings. The predicted molar refractivity (Wildman–Crippen MR) is 369 cm³/mol. The molecule has 11 rings (SSSR count). The van der Waals surface area contributed by atoms with Gasteiger partial charge in [-0.3, -0.25) is 43.7 Å². The first-order valence-corrected chi connectivity index (χ1v) is 34.1. The highest BCUT2D eigenvalue weighted by Crippen LogP contribution is 2.49. The van der Waals surface area contributed by atoms with Gasteiger partial charge in [0.25, 0.3) is 0 Å². The van der Waals surface area contributed by atoms with Crippen molar-refractivity contribution in [2.75, 3.05) is 20.2 Å². The number of aromatic hydroxyl groups is 3. The number of carbonyl (C=O) groups excluding carboxylic acids is 9. The minimum Gasteiger partial charge on any atom is -0.508 e. The van der Waals surface area contributed by atoms with Crippen molar-refractivity contribution >= 4 is 64.9 Å². The molecule has 1 saturated heterocycles. The van der Waals surface area contributed by atoms with Crippen LogP contribution in [0, 0.1) is 12.8 Å². The number of aliphatic hydroxyl groups excluding tert-OH is 6. The maximum Gasteiger partial charge on any atom is 0.321 e. The first-order chi connectivity index (χ1) is 49.2. The van der Waals surface area contributed by atoms with Crippen LogP contribution in [-0.2, 0) is 43.1 Å². The lowest BCUT2D eigenvalue weighted by atomic mass is 9.89. The SMILES string of the molecule is CCCCCCNC(=O)NC(=O)C[C@@H]1NC(=O)[C@H](NC(=O)[C@@H](CC(C)C)NC)[C@H](O)c2ccc(c(C)c2)Oc2cc3cc(c2O[C@@H]2O[C@H](CO)[C@@H](O)[C@H](O)[C@H]2O)Oc2ccc(cc2Cl)[C@@H](O)[C@@H]2NC(=O)[C@H](NC(=O)[C@@H]3NC1=O)c1ccc(O)c(c1)-c1c(O)cc(O)cc1[C@@H](C(=O)NC(C)(C)C)NC2=O. The first-order valence-electron chi connectivity index (χ1n) is 33.7. The third-order valence-electron chi connectivity index (χ3n) is 17.7. The summed E-state index contributed by atoms with van der Waals surface area (Å²) in [6.45, 7) is 11.2. The minimum absolute atomic E-state index is 0.0401. The molecular weight excluding hydrogens is 1380 g/mol. The molecule has 0 saturated carbocycles. The molecule has 32 nitrogen and oxygen atoms in total. The van der Waals surface area contributed by atoms with Crippen LogP contribution in [0.5, 0.6) is 46.0 Å². The van der Waals surface area contributed by atoms with Gasteiger partial charge in [-0.25, -0.2) is 4.79 Å². The number of imide groups is 1. The molecule has 1 fully saturated rings. The Kier molecular flexibility index (Phi) is 25.0. The molecule has 33 heteroatoms. The number of ether oxygens (including phenoxy) is 4. The average molecular weight is 1470 g/mol. The van der Waals surface area contributed by atoms with E-state index in [4.69, 9.17) is 30.5 Å². The fraction of sp³-hybridized carbons (Fsp3) is 0.451. The maximum absolute atomic E-state index is 16.2. The van der Waals surface area contributed by atoms with Crippen molar-refractivity contribution in [3.8, 4) is 57.1 Å². The number of aryl methyl sites for hydroxylation is 1. The van der Waals surface area contributed by atoms with E-state index in [2.05, 4.69) is 53.2 Å². The average Bonchev–Trinajstić information content (AvgIpc) is 0.764. The predicted octanol–water partition coefficient (Wildman–Crippen LogP) is 2.27. The first kappa shape index (κ1) is 78.2. The minimum atomic E-state index is -2.33. The van der Waals surface area contributed by atoms with Crippen molar-refractivity contribution in [3.63, 3.8) is 0 Å². The number of unbranched alkanes of at least 4 members (excludes halogenated alkanes) is 3. The van der Waals surface area contributed by atoms with Gasteiger partial charge < -0.3 is 113 Å². The van der Waals surface area contributed by atoms with E-state index in [0.29, 0.717) is 6.42 Å². The zero-order valence-electron chi connectivity index (χ0n) is 58.0. The molecule has 104 heavy (non-hydrogen) atoms. The maximum atomic E-state index is 16.2. The van der Waals surface area contributed by atoms with Crippen LogP contribution in [0.2, 0.25) is 5.02 Å². The number of urea groups is 1. The number of amides is 10. The highest BCUT2D eigenvalue weighted by molar-refractivity contribution is 6.32. The number of phenols is 3. The summed E-state index contributed by atoms with van der Waals surface area (Å²) >= 11 is 7.07. The van der Waals surface area contributed by atoms with E-state index in [1.54, 1.807) is 20.8 Å². The molecule has 6 aliphatic heterocycles. The Labute approximate surface area is 601 Å². The second-order valence-electron chi connectivity index (χ2n) is 27.3. The molecule has 14 atom stereocenters. The third kappa shape index (κ3) is 18.2. The van der Waals surface area contributed by atoms with Gasteiger partial charge in [0.05, 0.1) is 24.1 Å². The lowest BCUT2D eigenvalue weighted by molar-refractivity contribution is -0.277. The van der Waals surface area contributed by atoms with Crippen LogP contribution in [0.4, 0.5) is 4.79 Å². The van der Waals surface area contributed by atoms with Gasteiger partial charge in [0.1, 0.15) is 102 Å². The monoisotopic (exact) mass is 1470 g/mol. The number of nitrogens with one attached hydrogen (secondary N) is 10. The van der Waals surface area contributed by atoms with Crippen LogP contribution >= 0.6 is 11.6 Å². The van der Waals surface area contributed by atoms with Crippen LogP contribution in [-0.4, -0.2) is 180 Å². The number of halogens is 1. The Hall–Kier alpha value is -9.90. The third-order valence-corrected chi connectivity index (χ3v) is 18.0. The standard InChI is InChI=1S/C71H87ClN10O22/c1-9-10-11-12-19-74-70(100)76-49(87)28-41-63(94)77-52-35-24-46(101-44-17-14-33(21-31(44)4)56(88)54(66(97)75-41)80-62(93)40(73-8)20-30(2)3)61(104-69-60(92)59(91)58(90)48(29-83)103-69)47(25-35)102-45-18-15-34(23-39(45)72)57(89)55-67(98)79-53(68(99)82-71(5,6)7)38-26-36(84)27-43(86)50(38)37-22-32(13-16-42(37)85)51(64(95)81-55)78-65(52)96/h13-18,21-27,30,40-41,48,51-60,69,73,83-86,88-92H,9-12,19-20,28-29H2,1-8H3,(H,75,97)(H,77,94)(H,78,96)(H,79,98)(H,80,93)(H,81,95)(H,82,99)(H2,74,76,87,100)/t40-,41+,48-,51-,52-,53+,54-,55+,56-,57-,58-,59+,60-,69+/m1/s1. The summed E-state index contributed by atoms with van der Waals surface area (Å²) in [5, 5.41) is 128. The Morgan fingerprint density at radius 1 is 0.673 bits per heavy atom. The van der Waals surface area contributed by atoms with Crippen molar-refractivity contribution in [2.45, 2.75) is 178 Å². The van der Waals surface area contributed by atoms with Crippen molar-refractivity contribution < 1.29 is 108 Å². The van der Waals surface area contributed by atoms with Crippen molar-refractivity contribution in [3.05, 3.63) is 117 Å². The molecule has 560 valence electrons. The van der Waals surface area contributed by atoms with Gasteiger partial charge in [-0.05, 0) is 141 Å². The van der Waals surface area contributed by atoms with Crippen LogP contribution in [0.3, 0.4) is 0 Å². The van der Waals surface area contributed by atoms with Gasteiger partial charge >= 0.3 is 6.03 Å². The molecule has 19 N–H and O–H groups in total. The normalized spacial score (nSPS) is 24.5. The number of benzene rings is 5. The van der Waals surface area contributed by atoms with Crippen LogP contribution < -0.4 is 67.4 Å². The second-order valence-corrected chi connectivity index (χ2v) is 27.7. The number of aliphatic hydroxyl groups is 6. The molecule has 0 aromatic heterocycles. The number of fused-ring (bicyclic) bond motifs is 15. The quantitative estimate of drug-likeness (QED) is 0.0630. The summed E-state index contributed by atoms with van der Waals surface area (Å²) in [5.74, 6) is -14.1. The van der Waals surface area contributed by atoms with Gasteiger partial charge in [-0.15, -0.1) is 0 Å². The van der Waals surface area contributed by atoms with E-state index in [1.807, 2.05) is 20.8 Å². The summed E-state index contributed by atoms with van der Waals surface area (Å²) in [6, 6.07) is -0.165. The molecule has 0 spiro atoms. The van der Waals surface area contributed by atoms with E-state index >= 15 is 24.0 Å². The Morgan fingerprint density at radius 3 is 1.96 bits per heavy atom. The van der Waals surface area contributed by atoms with Crippen LogP contribution in [0.25, 0.3) is 11.1 Å². The summed E-state index contributed by atoms with van der Waals surface area (Å²) in [6.07, 6.45) is -11.9. The number of rotatable bonds is 16. The lowest BCUT2D eigenvalue weighted by Crippen LogP contribution is -2.60. The molecule has 0 radical (unpaired) electrons. The number of carbonyl (C=O) groups is 9. The highest BCUT2D eigenvalue weighted by atomic mass is 35.5. The highest BCUT2D eigenvalue weighted by Gasteiger charge is 2.47. The topological polar surface area (TPSA) is 493 Å². The van der Waals surface area contributed by atoms with E-state index < -0.39 is 208 Å². The van der Waals surface area contributed by atoms with Crippen molar-refractivity contribution in [1.29, 1.82) is 0 Å². The van der Waals surface area contributed by atoms with Crippen molar-refractivity contribution in [2.24, 2.45) is 5.92 Å². The molecule has 11 bridgehead atoms. The number of phenolic OH excluding ortho intramolecular Hbond substituents is 3. The van der Waals surface area contributed by atoms with Gasteiger partial charge in [-0.2, -0.15) is 0 Å². The molecule has 6 heterocycles. The Bertz CT molecular complexity index is 4100. The van der Waals surface area contributed by atoms with E-state index in [0.717, 1.165) is 73.9 Å². The molecule has 5 aromatic carbocycles. The summed E-state index contributed by atoms with van der Waals surface area (Å²) in [5.41, 5.74) is -3.00. The fourth-order valence-electron chi connectivity index (χ4n) is 12.3. The zero-order valence-corrected chi connectivity index (χ0v) is 58.8. The van der Waals surface area contributed by atoms with Gasteiger partial charge in [0.2, 0.25) is 59.3 Å². The number of hydrogen-bond acceptors (Lipinski definition) is 23. The van der Waals surface area contributed by atoms with Gasteiger partial charge in [0, 0.05) is 29.3 Å². The fourth-order valence-corrected chi connectivity index (χ4v) is 12.6. The number of hydrogen-bond donors (Lipinski definition) is 19. The summed E-state index contributed by atoms with van der Waals surface area (Å²) < 4.78 is 25.4. The van der Waals surface area contributed by atoms with E-state index in [1.165, 1.54) is 38.2 Å². The molecule has 10 amide bonds. The lowest BCUT2D eigenvalue weighted by Gasteiger charge is -2.39. The molecular formula is C71H87ClN10O22. The Morgan fingerprint density at radius 2 is 1.32 bits per heavy atom. The summed E-state index contributed by atoms with van der Waals surface area (Å²) in [7, 11) is 1.49. The van der Waals surface area contributed by atoms with Crippen LogP contribution in [0.15, 0.2) is 78.9 Å². The number of likely N-dealkylation sites (N-methyl/N-ethyl adjacent to an activating group) is 1. The summed E-state index contributed by atoms with van der Waals surface area (Å²) in [4.78, 5) is 134. The van der Waals surface area contributed by atoms with Crippen molar-refractivity contribution in [1.82, 2.24) is 53.2 Å². The van der Waals surface area contributed by atoms with Gasteiger partial charge in [-0.1, -0.05) is 69.8 Å². The smallest absolute Gasteiger partial charge is 0.321 e. The Balaban J connectivity index is 1.32. The second kappa shape index (κ2) is 33.3. The van der Waals surface area contributed by atoms with E-state index in [9.17, 15) is 65.1 Å². The van der Waals surface area contributed by atoms with E-state index in [-0.39, 0.29) is 63.8 Å². The largest absolute Gasteiger partial charge is 0.508 e. The molecule has 5 aromatic rings. The van der Waals surface area contributed by atoms with Gasteiger partial charge in [0.15, 0.2) is 11.5 Å². The zero-order chi connectivity index (χ0) is 75.9. The molecule has 0 unspecified atom stereocenters.